The number of rotatable bonds is 9. The van der Waals surface area contributed by atoms with Crippen LogP contribution in [0.4, 0.5) is 17.1 Å². The van der Waals surface area contributed by atoms with Crippen LogP contribution in [0.15, 0.2) is 279 Å². The van der Waals surface area contributed by atoms with Gasteiger partial charge in [-0.3, -0.25) is 0 Å². The number of aromatic nitrogens is 1. The van der Waals surface area contributed by atoms with Crippen LogP contribution in [0.2, 0.25) is 0 Å². The van der Waals surface area contributed by atoms with Crippen LogP contribution in [0.3, 0.4) is 0 Å². The molecule has 0 amide bonds. The number of hydrogen-bond acceptors (Lipinski definition) is 1. The zero-order valence-corrected chi connectivity index (χ0v) is 38.0. The molecule has 324 valence electrons. The van der Waals surface area contributed by atoms with E-state index in [1.54, 1.807) is 0 Å². The minimum absolute atomic E-state index is 0.488. The van der Waals surface area contributed by atoms with Crippen molar-refractivity contribution in [2.75, 3.05) is 4.90 Å². The highest BCUT2D eigenvalue weighted by atomic mass is 15.1. The minimum Gasteiger partial charge on any atom is -0.310 e. The fraction of sp³-hybridized carbons (Fsp3) is 0.0149. The van der Waals surface area contributed by atoms with Gasteiger partial charge in [0.05, 0.1) is 16.4 Å². The summed E-state index contributed by atoms with van der Waals surface area (Å²) in [4.78, 5) is 2.40. The summed E-state index contributed by atoms with van der Waals surface area (Å²) in [5.74, 6) is 0. The molecule has 0 bridgehead atoms. The van der Waals surface area contributed by atoms with E-state index in [1.165, 1.54) is 88.6 Å². The van der Waals surface area contributed by atoms with Gasteiger partial charge < -0.3 is 9.47 Å². The second-order valence-corrected chi connectivity index (χ2v) is 18.1. The third-order valence-corrected chi connectivity index (χ3v) is 14.3. The summed E-state index contributed by atoms with van der Waals surface area (Å²) in [7, 11) is 0. The fourth-order valence-electron chi connectivity index (χ4n) is 11.1. The molecular weight excluding hydrogens is 833 g/mol. The monoisotopic (exact) mass is 878 g/mol. The topological polar surface area (TPSA) is 8.17 Å². The molecule has 12 aromatic rings. The molecule has 0 saturated carbocycles. The predicted octanol–water partition coefficient (Wildman–Crippen LogP) is 17.6. The van der Waals surface area contributed by atoms with Crippen molar-refractivity contribution in [3.8, 4) is 50.2 Å². The van der Waals surface area contributed by atoms with Crippen LogP contribution < -0.4 is 4.90 Å². The first-order valence-electron chi connectivity index (χ1n) is 23.8. The van der Waals surface area contributed by atoms with Gasteiger partial charge in [0.15, 0.2) is 0 Å². The summed E-state index contributed by atoms with van der Waals surface area (Å²) >= 11 is 0. The smallest absolute Gasteiger partial charge is 0.0714 e. The van der Waals surface area contributed by atoms with Crippen molar-refractivity contribution in [3.63, 3.8) is 0 Å². The second kappa shape index (κ2) is 16.7. The van der Waals surface area contributed by atoms with Crippen LogP contribution in [-0.4, -0.2) is 4.57 Å². The summed E-state index contributed by atoms with van der Waals surface area (Å²) in [6, 6.07) is 102. The number of para-hydroxylation sites is 2. The fourth-order valence-corrected chi connectivity index (χ4v) is 11.1. The Balaban J connectivity index is 0.869. The van der Waals surface area contributed by atoms with Gasteiger partial charge in [0.25, 0.3) is 0 Å². The van der Waals surface area contributed by atoms with Crippen LogP contribution in [0, 0.1) is 0 Å². The highest BCUT2D eigenvalue weighted by Crippen LogP contribution is 2.57. The lowest BCUT2D eigenvalue weighted by molar-refractivity contribution is 0.768. The van der Waals surface area contributed by atoms with E-state index in [9.17, 15) is 0 Å². The molecule has 13 rings (SSSR count). The van der Waals surface area contributed by atoms with E-state index < -0.39 is 5.41 Å². The van der Waals surface area contributed by atoms with Gasteiger partial charge >= 0.3 is 0 Å². The molecule has 0 radical (unpaired) electrons. The van der Waals surface area contributed by atoms with E-state index in [4.69, 9.17) is 0 Å². The first kappa shape index (κ1) is 40.3. The van der Waals surface area contributed by atoms with Crippen molar-refractivity contribution in [1.29, 1.82) is 0 Å². The Morgan fingerprint density at radius 3 is 1.48 bits per heavy atom. The molecule has 1 heterocycles. The molecule has 0 fully saturated rings. The van der Waals surface area contributed by atoms with Crippen molar-refractivity contribution in [2.45, 2.75) is 5.41 Å². The molecule has 1 aromatic heterocycles. The number of fused-ring (bicyclic) bond motifs is 6. The molecule has 1 aliphatic carbocycles. The van der Waals surface area contributed by atoms with E-state index >= 15 is 0 Å². The van der Waals surface area contributed by atoms with Crippen molar-refractivity contribution in [1.82, 2.24) is 4.57 Å². The van der Waals surface area contributed by atoms with Gasteiger partial charge in [-0.15, -0.1) is 0 Å². The Bertz CT molecular complexity index is 3760. The predicted molar refractivity (Wildman–Crippen MR) is 289 cm³/mol. The molecule has 0 aliphatic heterocycles. The van der Waals surface area contributed by atoms with Gasteiger partial charge in [0, 0.05) is 33.5 Å². The van der Waals surface area contributed by atoms with Crippen LogP contribution in [0.25, 0.3) is 72.0 Å². The van der Waals surface area contributed by atoms with Crippen LogP contribution in [-0.2, 0) is 5.41 Å². The first-order valence-corrected chi connectivity index (χ1v) is 23.8. The Kier molecular flexibility index (Phi) is 9.77. The number of nitrogens with zero attached hydrogens (tertiary/aromatic N) is 2. The SMILES string of the molecule is c1ccc(-c2ccc(-n3c4ccccc4c4cc(-c5cccc(-c6ccc(N(c7ccccc7)c7ccc8c(c7)C(c7ccccc7)(c7ccccc7)c7ccccc7-8)cc6)c5)ccc43)cc2)cc1. The van der Waals surface area contributed by atoms with E-state index in [0.717, 1.165) is 22.7 Å². The van der Waals surface area contributed by atoms with Crippen molar-refractivity contribution in [3.05, 3.63) is 301 Å². The highest BCUT2D eigenvalue weighted by Gasteiger charge is 2.46. The molecule has 2 heteroatoms. The quantitative estimate of drug-likeness (QED) is 0.140. The van der Waals surface area contributed by atoms with E-state index in [1.807, 2.05) is 0 Å². The molecule has 0 spiro atoms. The van der Waals surface area contributed by atoms with Crippen molar-refractivity contribution in [2.24, 2.45) is 0 Å². The summed E-state index contributed by atoms with van der Waals surface area (Å²) in [5, 5.41) is 2.49. The molecule has 0 saturated heterocycles. The maximum Gasteiger partial charge on any atom is 0.0714 e. The lowest BCUT2D eigenvalue weighted by Gasteiger charge is -2.35. The largest absolute Gasteiger partial charge is 0.310 e. The molecule has 0 N–H and O–H groups in total. The lowest BCUT2D eigenvalue weighted by Crippen LogP contribution is -2.28. The average molecular weight is 879 g/mol. The zero-order valence-electron chi connectivity index (χ0n) is 38.0. The highest BCUT2D eigenvalue weighted by molar-refractivity contribution is 6.10. The normalized spacial score (nSPS) is 12.5. The second-order valence-electron chi connectivity index (χ2n) is 18.1. The van der Waals surface area contributed by atoms with E-state index in [0.29, 0.717) is 0 Å². The van der Waals surface area contributed by atoms with Crippen LogP contribution >= 0.6 is 0 Å². The van der Waals surface area contributed by atoms with Gasteiger partial charge in [-0.1, -0.05) is 206 Å². The van der Waals surface area contributed by atoms with Gasteiger partial charge in [-0.25, -0.2) is 0 Å². The lowest BCUT2D eigenvalue weighted by atomic mass is 9.67. The third kappa shape index (κ3) is 6.72. The summed E-state index contributed by atoms with van der Waals surface area (Å²) in [6.07, 6.45) is 0. The Labute approximate surface area is 403 Å². The van der Waals surface area contributed by atoms with E-state index in [2.05, 4.69) is 289 Å². The molecule has 0 atom stereocenters. The third-order valence-electron chi connectivity index (χ3n) is 14.3. The van der Waals surface area contributed by atoms with Gasteiger partial charge in [0.2, 0.25) is 0 Å². The maximum atomic E-state index is 2.44. The Hall–Kier alpha value is -8.98. The number of hydrogen-bond donors (Lipinski definition) is 0. The Morgan fingerprint density at radius 2 is 0.754 bits per heavy atom. The summed E-state index contributed by atoms with van der Waals surface area (Å²) in [6.45, 7) is 0. The van der Waals surface area contributed by atoms with Gasteiger partial charge in [-0.2, -0.15) is 0 Å². The standard InChI is InChI=1S/C67H46N2/c1-5-18-47(19-6-1)48-32-39-57(40-33-48)69-65-31-16-14-29-61(65)62-45-52(36-43-66(62)69)51-21-17-20-50(44-51)49-34-37-56(38-35-49)68(55-26-11-4-12-27-55)58-41-42-60-59-28-13-15-30-63(59)67(64(60)46-58,53-22-7-2-8-23-53)54-24-9-3-10-25-54/h1-46H. The number of anilines is 3. The summed E-state index contributed by atoms with van der Waals surface area (Å²) < 4.78 is 2.39. The molecule has 2 nitrogen and oxygen atoms in total. The Morgan fingerprint density at radius 1 is 0.275 bits per heavy atom. The van der Waals surface area contributed by atoms with Gasteiger partial charge in [0.1, 0.15) is 0 Å². The zero-order chi connectivity index (χ0) is 45.7. The molecular formula is C67H46N2. The summed E-state index contributed by atoms with van der Waals surface area (Å²) in [5.41, 5.74) is 21.2. The molecule has 1 aliphatic rings. The minimum atomic E-state index is -0.488. The van der Waals surface area contributed by atoms with Crippen molar-refractivity contribution < 1.29 is 0 Å². The van der Waals surface area contributed by atoms with Gasteiger partial charge in [-0.05, 0) is 140 Å². The molecule has 69 heavy (non-hydrogen) atoms. The van der Waals surface area contributed by atoms with Crippen LogP contribution in [0.1, 0.15) is 22.3 Å². The van der Waals surface area contributed by atoms with E-state index in [-0.39, 0.29) is 0 Å². The maximum absolute atomic E-state index is 2.44. The molecule has 11 aromatic carbocycles. The number of benzene rings is 11. The van der Waals surface area contributed by atoms with Crippen LogP contribution in [0.5, 0.6) is 0 Å². The first-order chi connectivity index (χ1) is 34.2. The average Bonchev–Trinajstić information content (AvgIpc) is 3.92. The van der Waals surface area contributed by atoms with Crippen molar-refractivity contribution >= 4 is 38.9 Å². The molecule has 0 unspecified atom stereocenters.